The first-order valence-corrected chi connectivity index (χ1v) is 5.40. The molecule has 0 aliphatic carbocycles. The molecule has 0 aromatic heterocycles. The van der Waals surface area contributed by atoms with Crippen LogP contribution >= 0.6 is 0 Å². The standard InChI is InChI=1S/2C7H14/c2*1-5-6-7(2,3)4/h2*5-6H,1-4H3/b6-5+;6-5-. The average molecular weight is 196 g/mol. The first-order chi connectivity index (χ1) is 6.12. The highest BCUT2D eigenvalue weighted by molar-refractivity contribution is 4.89. The fraction of sp³-hybridized carbons (Fsp3) is 0.714. The number of allylic oxidation sites excluding steroid dienone is 4. The largest absolute Gasteiger partial charge is 0.0911 e. The maximum Gasteiger partial charge on any atom is -0.0203 e. The molecule has 0 heteroatoms. The van der Waals surface area contributed by atoms with Crippen molar-refractivity contribution < 1.29 is 0 Å². The van der Waals surface area contributed by atoms with Crippen LogP contribution in [-0.2, 0) is 0 Å². The summed E-state index contributed by atoms with van der Waals surface area (Å²) in [6, 6.07) is 0. The van der Waals surface area contributed by atoms with Crippen LogP contribution in [0, 0.1) is 10.8 Å². The fourth-order valence-corrected chi connectivity index (χ4v) is 1.00. The van der Waals surface area contributed by atoms with Crippen molar-refractivity contribution in [3.63, 3.8) is 0 Å². The second-order valence-electron chi connectivity index (χ2n) is 5.73. The summed E-state index contributed by atoms with van der Waals surface area (Å²) >= 11 is 0. The number of hydrogen-bond donors (Lipinski definition) is 0. The highest BCUT2D eigenvalue weighted by atomic mass is 14.1. The van der Waals surface area contributed by atoms with Gasteiger partial charge < -0.3 is 0 Å². The van der Waals surface area contributed by atoms with Gasteiger partial charge in [0, 0.05) is 0 Å². The van der Waals surface area contributed by atoms with Crippen LogP contribution in [0.1, 0.15) is 55.4 Å². The van der Waals surface area contributed by atoms with E-state index in [1.807, 2.05) is 13.8 Å². The Morgan fingerprint density at radius 3 is 0.786 bits per heavy atom. The Morgan fingerprint density at radius 1 is 0.571 bits per heavy atom. The van der Waals surface area contributed by atoms with Crippen molar-refractivity contribution in [1.82, 2.24) is 0 Å². The molecule has 0 N–H and O–H groups in total. The molecule has 0 atom stereocenters. The Kier molecular flexibility index (Phi) is 7.81. The first-order valence-electron chi connectivity index (χ1n) is 5.40. The molecule has 0 saturated heterocycles. The maximum atomic E-state index is 2.19. The SMILES string of the molecule is C/C=C/C(C)(C)C.C/C=C\C(C)(C)C. The zero-order chi connectivity index (χ0) is 11.8. The molecule has 84 valence electrons. The predicted octanol–water partition coefficient (Wildman–Crippen LogP) is 5.22. The molecule has 0 radical (unpaired) electrons. The highest BCUT2D eigenvalue weighted by Gasteiger charge is 2.01. The Balaban J connectivity index is 0. The molecule has 0 aliphatic heterocycles. The van der Waals surface area contributed by atoms with E-state index in [2.05, 4.69) is 65.8 Å². The molecule has 0 saturated carbocycles. The molecule has 0 heterocycles. The smallest absolute Gasteiger partial charge is 0.0203 e. The van der Waals surface area contributed by atoms with Crippen molar-refractivity contribution >= 4 is 0 Å². The molecule has 0 nitrogen and oxygen atoms in total. The van der Waals surface area contributed by atoms with E-state index in [1.165, 1.54) is 0 Å². The molecule has 14 heavy (non-hydrogen) atoms. The zero-order valence-electron chi connectivity index (χ0n) is 11.3. The monoisotopic (exact) mass is 196 g/mol. The quantitative estimate of drug-likeness (QED) is 0.466. The topological polar surface area (TPSA) is 0 Å². The van der Waals surface area contributed by atoms with Crippen LogP contribution in [-0.4, -0.2) is 0 Å². The van der Waals surface area contributed by atoms with Gasteiger partial charge in [0.05, 0.1) is 0 Å². The van der Waals surface area contributed by atoms with E-state index in [9.17, 15) is 0 Å². The van der Waals surface area contributed by atoms with Gasteiger partial charge in [0.25, 0.3) is 0 Å². The van der Waals surface area contributed by atoms with Crippen molar-refractivity contribution in [1.29, 1.82) is 0 Å². The molecule has 0 unspecified atom stereocenters. The third-order valence-electron chi connectivity index (χ3n) is 1.33. The van der Waals surface area contributed by atoms with Crippen LogP contribution < -0.4 is 0 Å². The molecule has 0 rings (SSSR count). The second kappa shape index (κ2) is 6.86. The van der Waals surface area contributed by atoms with E-state index < -0.39 is 0 Å². The van der Waals surface area contributed by atoms with Crippen molar-refractivity contribution in [2.75, 3.05) is 0 Å². The molecule has 0 aliphatic rings. The van der Waals surface area contributed by atoms with Gasteiger partial charge in [-0.05, 0) is 24.7 Å². The van der Waals surface area contributed by atoms with E-state index >= 15 is 0 Å². The molecular weight excluding hydrogens is 168 g/mol. The van der Waals surface area contributed by atoms with Crippen LogP contribution in [0.5, 0.6) is 0 Å². The lowest BCUT2D eigenvalue weighted by Gasteiger charge is -2.09. The molecule has 0 amide bonds. The van der Waals surface area contributed by atoms with Crippen LogP contribution in [0.4, 0.5) is 0 Å². The van der Waals surface area contributed by atoms with Gasteiger partial charge in [-0.2, -0.15) is 0 Å². The van der Waals surface area contributed by atoms with E-state index in [0.717, 1.165) is 0 Å². The second-order valence-corrected chi connectivity index (χ2v) is 5.73. The maximum absolute atomic E-state index is 2.19. The Morgan fingerprint density at radius 2 is 0.786 bits per heavy atom. The molecule has 0 aromatic carbocycles. The average Bonchev–Trinajstić information content (AvgIpc) is 1.81. The van der Waals surface area contributed by atoms with Gasteiger partial charge in [-0.25, -0.2) is 0 Å². The van der Waals surface area contributed by atoms with Crippen LogP contribution in [0.2, 0.25) is 0 Å². The highest BCUT2D eigenvalue weighted by Crippen LogP contribution is 2.13. The fourth-order valence-electron chi connectivity index (χ4n) is 1.00. The molecule has 0 spiro atoms. The predicted molar refractivity (Wildman–Crippen MR) is 68.5 cm³/mol. The number of rotatable bonds is 0. The van der Waals surface area contributed by atoms with Crippen molar-refractivity contribution in [2.45, 2.75) is 55.4 Å². The summed E-state index contributed by atoms with van der Waals surface area (Å²) < 4.78 is 0. The summed E-state index contributed by atoms with van der Waals surface area (Å²) in [6.07, 6.45) is 8.54. The van der Waals surface area contributed by atoms with E-state index in [1.54, 1.807) is 0 Å². The minimum absolute atomic E-state index is 0.370. The van der Waals surface area contributed by atoms with Crippen molar-refractivity contribution in [2.24, 2.45) is 10.8 Å². The third-order valence-corrected chi connectivity index (χ3v) is 1.33. The normalized spacial score (nSPS) is 13.1. The minimum atomic E-state index is 0.370. The minimum Gasteiger partial charge on any atom is -0.0911 e. The van der Waals surface area contributed by atoms with Gasteiger partial charge >= 0.3 is 0 Å². The van der Waals surface area contributed by atoms with Crippen LogP contribution in [0.25, 0.3) is 0 Å². The van der Waals surface area contributed by atoms with Gasteiger partial charge in [-0.15, -0.1) is 0 Å². The van der Waals surface area contributed by atoms with Gasteiger partial charge in [0.15, 0.2) is 0 Å². The Bertz CT molecular complexity index is 147. The molecule has 0 fully saturated rings. The van der Waals surface area contributed by atoms with Crippen molar-refractivity contribution in [3.05, 3.63) is 24.3 Å². The van der Waals surface area contributed by atoms with E-state index in [4.69, 9.17) is 0 Å². The van der Waals surface area contributed by atoms with Gasteiger partial charge in [0.1, 0.15) is 0 Å². The van der Waals surface area contributed by atoms with E-state index in [-0.39, 0.29) is 0 Å². The summed E-state index contributed by atoms with van der Waals surface area (Å²) in [7, 11) is 0. The van der Waals surface area contributed by atoms with Crippen LogP contribution in [0.15, 0.2) is 24.3 Å². The van der Waals surface area contributed by atoms with Crippen LogP contribution in [0.3, 0.4) is 0 Å². The van der Waals surface area contributed by atoms with Gasteiger partial charge in [0.2, 0.25) is 0 Å². The summed E-state index contributed by atoms with van der Waals surface area (Å²) in [5.41, 5.74) is 0.740. The van der Waals surface area contributed by atoms with Gasteiger partial charge in [-0.1, -0.05) is 65.8 Å². The third kappa shape index (κ3) is 22.5. The Hall–Kier alpha value is -0.520. The summed E-state index contributed by atoms with van der Waals surface area (Å²) in [5, 5.41) is 0. The lowest BCUT2D eigenvalue weighted by molar-refractivity contribution is 0.543. The lowest BCUT2D eigenvalue weighted by atomic mass is 9.97. The number of hydrogen-bond acceptors (Lipinski definition) is 0. The van der Waals surface area contributed by atoms with E-state index in [0.29, 0.717) is 10.8 Å². The zero-order valence-corrected chi connectivity index (χ0v) is 11.3. The summed E-state index contributed by atoms with van der Waals surface area (Å²) in [4.78, 5) is 0. The van der Waals surface area contributed by atoms with Crippen molar-refractivity contribution in [3.8, 4) is 0 Å². The lowest BCUT2D eigenvalue weighted by Crippen LogP contribution is -1.97. The Labute approximate surface area is 91.1 Å². The summed E-state index contributed by atoms with van der Waals surface area (Å²) in [6.45, 7) is 17.2. The van der Waals surface area contributed by atoms with Gasteiger partial charge in [-0.3, -0.25) is 0 Å². The molecule has 0 bridgehead atoms. The summed E-state index contributed by atoms with van der Waals surface area (Å²) in [5.74, 6) is 0. The molecule has 0 aromatic rings. The first kappa shape index (κ1) is 15.9. The molecular formula is C14H28.